The van der Waals surface area contributed by atoms with Crippen LogP contribution in [0.5, 0.6) is 0 Å². The highest BCUT2D eigenvalue weighted by atomic mass is 16.4. The molecule has 12 heteroatoms. The number of carbonyl (C=O) groups excluding carboxylic acids is 3. The molecular formula is C13H22N4O8. The number of aliphatic carboxylic acids is 2. The van der Waals surface area contributed by atoms with E-state index in [4.69, 9.17) is 15.9 Å². The minimum atomic E-state index is -1.55. The van der Waals surface area contributed by atoms with E-state index in [9.17, 15) is 29.1 Å². The second-order valence-electron chi connectivity index (χ2n) is 5.29. The van der Waals surface area contributed by atoms with Gasteiger partial charge >= 0.3 is 11.9 Å². The van der Waals surface area contributed by atoms with E-state index in [1.165, 1.54) is 6.92 Å². The summed E-state index contributed by atoms with van der Waals surface area (Å²) in [5.74, 6) is -5.55. The Bertz CT molecular complexity index is 534. The molecule has 0 heterocycles. The van der Waals surface area contributed by atoms with E-state index < -0.39 is 66.9 Å². The van der Waals surface area contributed by atoms with E-state index in [1.54, 1.807) is 0 Å². The summed E-state index contributed by atoms with van der Waals surface area (Å²) < 4.78 is 0. The molecule has 0 aliphatic rings. The predicted octanol–water partition coefficient (Wildman–Crippen LogP) is -3.64. The predicted molar refractivity (Wildman–Crippen MR) is 82.1 cm³/mol. The van der Waals surface area contributed by atoms with E-state index >= 15 is 0 Å². The fourth-order valence-electron chi connectivity index (χ4n) is 1.62. The molecule has 4 unspecified atom stereocenters. The number of nitrogens with two attached hydrogens (primary N) is 1. The van der Waals surface area contributed by atoms with Crippen LogP contribution >= 0.6 is 0 Å². The lowest BCUT2D eigenvalue weighted by molar-refractivity contribution is -0.142. The van der Waals surface area contributed by atoms with Gasteiger partial charge in [0, 0.05) is 0 Å². The summed E-state index contributed by atoms with van der Waals surface area (Å²) in [7, 11) is 0. The Morgan fingerprint density at radius 2 is 1.48 bits per heavy atom. The molecule has 0 saturated carbocycles. The van der Waals surface area contributed by atoms with Gasteiger partial charge in [0.1, 0.15) is 18.6 Å². The average molecular weight is 362 g/mol. The average Bonchev–Trinajstić information content (AvgIpc) is 2.48. The van der Waals surface area contributed by atoms with Gasteiger partial charge < -0.3 is 37.0 Å². The molecule has 8 N–H and O–H groups in total. The molecule has 0 aromatic heterocycles. The molecule has 0 aliphatic heterocycles. The third-order valence-electron chi connectivity index (χ3n) is 2.90. The summed E-state index contributed by atoms with van der Waals surface area (Å²) in [5.41, 5.74) is 5.33. The molecule has 0 fully saturated rings. The first kappa shape index (κ1) is 22.3. The van der Waals surface area contributed by atoms with Crippen LogP contribution in [-0.4, -0.2) is 75.8 Å². The fraction of sp³-hybridized carbons (Fsp3) is 0.615. The number of aliphatic hydroxyl groups excluding tert-OH is 1. The number of rotatable bonds is 10. The molecule has 142 valence electrons. The Morgan fingerprint density at radius 3 is 1.88 bits per heavy atom. The molecule has 3 amide bonds. The molecule has 0 saturated heterocycles. The van der Waals surface area contributed by atoms with Crippen LogP contribution in [0.4, 0.5) is 0 Å². The van der Waals surface area contributed by atoms with Crippen LogP contribution in [0, 0.1) is 0 Å². The van der Waals surface area contributed by atoms with Gasteiger partial charge in [0.2, 0.25) is 17.7 Å². The summed E-state index contributed by atoms with van der Waals surface area (Å²) in [6.07, 6.45) is -2.19. The van der Waals surface area contributed by atoms with Crippen LogP contribution in [-0.2, 0) is 24.0 Å². The van der Waals surface area contributed by atoms with Gasteiger partial charge in [-0.05, 0) is 13.8 Å². The zero-order valence-electron chi connectivity index (χ0n) is 13.7. The summed E-state index contributed by atoms with van der Waals surface area (Å²) in [4.78, 5) is 56.8. The summed E-state index contributed by atoms with van der Waals surface area (Å²) in [5, 5.41) is 33.1. The highest BCUT2D eigenvalue weighted by Crippen LogP contribution is 1.99. The Labute approximate surface area is 142 Å². The van der Waals surface area contributed by atoms with Crippen molar-refractivity contribution in [2.24, 2.45) is 5.73 Å². The van der Waals surface area contributed by atoms with Crippen LogP contribution < -0.4 is 21.7 Å². The Hall–Kier alpha value is -2.73. The second-order valence-corrected chi connectivity index (χ2v) is 5.29. The molecule has 0 aromatic rings. The minimum Gasteiger partial charge on any atom is -0.481 e. The summed E-state index contributed by atoms with van der Waals surface area (Å²) in [6.45, 7) is 1.75. The molecule has 0 spiro atoms. The monoisotopic (exact) mass is 362 g/mol. The Kier molecular flexibility index (Phi) is 9.09. The molecule has 0 aromatic carbocycles. The van der Waals surface area contributed by atoms with E-state index in [1.807, 2.05) is 5.32 Å². The van der Waals surface area contributed by atoms with E-state index in [-0.39, 0.29) is 0 Å². The van der Waals surface area contributed by atoms with Crippen LogP contribution in [0.1, 0.15) is 20.3 Å². The number of hydrogen-bond donors (Lipinski definition) is 7. The normalized spacial score (nSPS) is 15.2. The molecular weight excluding hydrogens is 340 g/mol. The van der Waals surface area contributed by atoms with Gasteiger partial charge in [-0.15, -0.1) is 0 Å². The van der Waals surface area contributed by atoms with Crippen molar-refractivity contribution in [2.45, 2.75) is 44.5 Å². The minimum absolute atomic E-state index is 0.738. The number of hydrogen-bond acceptors (Lipinski definition) is 7. The maximum atomic E-state index is 12.2. The maximum absolute atomic E-state index is 12.2. The van der Waals surface area contributed by atoms with Gasteiger partial charge in [-0.3, -0.25) is 24.0 Å². The largest absolute Gasteiger partial charge is 0.481 e. The standard InChI is InChI=1S/C13H22N4O8/c1-5(14)11(23)16-7(3-8(19)20)12(24)17-10(6(2)18)13(25)15-4-9(21)22/h5-7,10,18H,3-4,14H2,1-2H3,(H,15,25)(H,16,23)(H,17,24)(H,19,20)(H,21,22). The quantitative estimate of drug-likeness (QED) is 0.204. The third kappa shape index (κ3) is 8.62. The lowest BCUT2D eigenvalue weighted by Gasteiger charge is -2.24. The topological polar surface area (TPSA) is 208 Å². The molecule has 12 nitrogen and oxygen atoms in total. The van der Waals surface area contributed by atoms with Gasteiger partial charge in [0.15, 0.2) is 0 Å². The van der Waals surface area contributed by atoms with Crippen molar-refractivity contribution in [3.63, 3.8) is 0 Å². The lowest BCUT2D eigenvalue weighted by Crippen LogP contribution is -2.58. The van der Waals surface area contributed by atoms with Gasteiger partial charge in [-0.2, -0.15) is 0 Å². The number of nitrogens with one attached hydrogen (secondary N) is 3. The highest BCUT2D eigenvalue weighted by molar-refractivity contribution is 5.95. The van der Waals surface area contributed by atoms with Crippen molar-refractivity contribution >= 4 is 29.7 Å². The Balaban J connectivity index is 5.11. The third-order valence-corrected chi connectivity index (χ3v) is 2.90. The molecule has 4 atom stereocenters. The number of aliphatic hydroxyl groups is 1. The van der Waals surface area contributed by atoms with Crippen LogP contribution in [0.3, 0.4) is 0 Å². The maximum Gasteiger partial charge on any atom is 0.322 e. The SMILES string of the molecule is CC(N)C(=O)NC(CC(=O)O)C(=O)NC(C(=O)NCC(=O)O)C(C)O. The van der Waals surface area contributed by atoms with Crippen LogP contribution in [0.2, 0.25) is 0 Å². The highest BCUT2D eigenvalue weighted by Gasteiger charge is 2.31. The lowest BCUT2D eigenvalue weighted by atomic mass is 10.1. The molecule has 0 bridgehead atoms. The first-order chi connectivity index (χ1) is 11.5. The van der Waals surface area contributed by atoms with E-state index in [0.717, 1.165) is 6.92 Å². The van der Waals surface area contributed by atoms with Crippen molar-refractivity contribution in [3.05, 3.63) is 0 Å². The zero-order chi connectivity index (χ0) is 19.7. The van der Waals surface area contributed by atoms with Crippen LogP contribution in [0.25, 0.3) is 0 Å². The van der Waals surface area contributed by atoms with E-state index in [0.29, 0.717) is 0 Å². The smallest absolute Gasteiger partial charge is 0.322 e. The molecule has 25 heavy (non-hydrogen) atoms. The fourth-order valence-corrected chi connectivity index (χ4v) is 1.62. The molecule has 0 aliphatic carbocycles. The van der Waals surface area contributed by atoms with Crippen molar-refractivity contribution in [3.8, 4) is 0 Å². The number of carboxylic acids is 2. The number of carbonyl (C=O) groups is 5. The van der Waals surface area contributed by atoms with Gasteiger partial charge in [-0.25, -0.2) is 0 Å². The first-order valence-corrected chi connectivity index (χ1v) is 7.21. The number of carboxylic acid groups (broad SMARTS) is 2. The van der Waals surface area contributed by atoms with Crippen molar-refractivity contribution in [2.75, 3.05) is 6.54 Å². The van der Waals surface area contributed by atoms with E-state index in [2.05, 4.69) is 10.6 Å². The summed E-state index contributed by atoms with van der Waals surface area (Å²) >= 11 is 0. The van der Waals surface area contributed by atoms with Gasteiger partial charge in [0.25, 0.3) is 0 Å². The van der Waals surface area contributed by atoms with Crippen molar-refractivity contribution < 1.29 is 39.3 Å². The molecule has 0 rings (SSSR count). The van der Waals surface area contributed by atoms with Gasteiger partial charge in [0.05, 0.1) is 18.6 Å². The van der Waals surface area contributed by atoms with Crippen LogP contribution in [0.15, 0.2) is 0 Å². The molecule has 0 radical (unpaired) electrons. The van der Waals surface area contributed by atoms with Gasteiger partial charge in [-0.1, -0.05) is 0 Å². The first-order valence-electron chi connectivity index (χ1n) is 7.21. The van der Waals surface area contributed by atoms with Crippen molar-refractivity contribution in [1.29, 1.82) is 0 Å². The second kappa shape index (κ2) is 10.2. The Morgan fingerprint density at radius 1 is 0.920 bits per heavy atom. The number of amides is 3. The zero-order valence-corrected chi connectivity index (χ0v) is 13.7. The van der Waals surface area contributed by atoms with Crippen molar-refractivity contribution in [1.82, 2.24) is 16.0 Å². The summed E-state index contributed by atoms with van der Waals surface area (Å²) in [6, 6.07) is -4.09.